The van der Waals surface area contributed by atoms with Gasteiger partial charge in [0.15, 0.2) is 0 Å². The number of anilines is 1. The first-order chi connectivity index (χ1) is 11.1. The SMILES string of the molecule is O=C(Cc1ccc(F)cc1)Nc1cccc(C(=O)NC2CC2)c1. The van der Waals surface area contributed by atoms with Crippen molar-refractivity contribution >= 4 is 17.5 Å². The van der Waals surface area contributed by atoms with Crippen LogP contribution in [0.3, 0.4) is 0 Å². The first kappa shape index (κ1) is 15.2. The number of halogens is 1. The second kappa shape index (κ2) is 6.60. The lowest BCUT2D eigenvalue weighted by Crippen LogP contribution is -2.25. The average Bonchev–Trinajstić information content (AvgIpc) is 3.34. The Labute approximate surface area is 133 Å². The molecule has 0 bridgehead atoms. The zero-order valence-corrected chi connectivity index (χ0v) is 12.5. The van der Waals surface area contributed by atoms with Crippen LogP contribution in [0.25, 0.3) is 0 Å². The molecule has 1 aliphatic carbocycles. The fourth-order valence-electron chi connectivity index (χ4n) is 2.23. The Bertz CT molecular complexity index is 724. The fraction of sp³-hybridized carbons (Fsp3) is 0.222. The number of rotatable bonds is 5. The molecule has 0 radical (unpaired) electrons. The Balaban J connectivity index is 1.61. The normalized spacial score (nSPS) is 13.4. The van der Waals surface area contributed by atoms with Crippen molar-refractivity contribution in [3.8, 4) is 0 Å². The monoisotopic (exact) mass is 312 g/mol. The Morgan fingerprint density at radius 3 is 2.52 bits per heavy atom. The van der Waals surface area contributed by atoms with Gasteiger partial charge in [-0.3, -0.25) is 9.59 Å². The maximum Gasteiger partial charge on any atom is 0.251 e. The number of hydrogen-bond donors (Lipinski definition) is 2. The molecule has 2 amide bonds. The summed E-state index contributed by atoms with van der Waals surface area (Å²) in [5.74, 6) is -0.665. The maximum absolute atomic E-state index is 12.8. The van der Waals surface area contributed by atoms with Gasteiger partial charge in [-0.25, -0.2) is 4.39 Å². The lowest BCUT2D eigenvalue weighted by Gasteiger charge is -2.08. The van der Waals surface area contributed by atoms with Gasteiger partial charge in [-0.05, 0) is 48.7 Å². The highest BCUT2D eigenvalue weighted by Gasteiger charge is 2.23. The van der Waals surface area contributed by atoms with Gasteiger partial charge in [-0.1, -0.05) is 18.2 Å². The number of nitrogens with one attached hydrogen (secondary N) is 2. The zero-order valence-electron chi connectivity index (χ0n) is 12.5. The van der Waals surface area contributed by atoms with E-state index in [1.165, 1.54) is 12.1 Å². The lowest BCUT2D eigenvalue weighted by molar-refractivity contribution is -0.115. The van der Waals surface area contributed by atoms with Crippen LogP contribution in [0.4, 0.5) is 10.1 Å². The van der Waals surface area contributed by atoms with E-state index in [4.69, 9.17) is 0 Å². The van der Waals surface area contributed by atoms with Crippen LogP contribution in [0.1, 0.15) is 28.8 Å². The Kier molecular flexibility index (Phi) is 4.37. The lowest BCUT2D eigenvalue weighted by atomic mass is 10.1. The summed E-state index contributed by atoms with van der Waals surface area (Å²) >= 11 is 0. The van der Waals surface area contributed by atoms with E-state index in [1.54, 1.807) is 36.4 Å². The maximum atomic E-state index is 12.8. The van der Waals surface area contributed by atoms with Crippen molar-refractivity contribution in [1.82, 2.24) is 5.32 Å². The molecule has 2 aromatic rings. The minimum atomic E-state index is -0.330. The van der Waals surface area contributed by atoms with Gasteiger partial charge in [0.25, 0.3) is 5.91 Å². The van der Waals surface area contributed by atoms with Gasteiger partial charge in [0.05, 0.1) is 6.42 Å². The molecular formula is C18H17FN2O2. The molecule has 0 saturated heterocycles. The average molecular weight is 312 g/mol. The van der Waals surface area contributed by atoms with Crippen molar-refractivity contribution in [3.05, 3.63) is 65.5 Å². The van der Waals surface area contributed by atoms with Crippen molar-refractivity contribution < 1.29 is 14.0 Å². The summed E-state index contributed by atoms with van der Waals surface area (Å²) in [4.78, 5) is 24.0. The Hall–Kier alpha value is -2.69. The van der Waals surface area contributed by atoms with E-state index in [9.17, 15) is 14.0 Å². The van der Waals surface area contributed by atoms with Crippen molar-refractivity contribution in [1.29, 1.82) is 0 Å². The molecule has 0 aliphatic heterocycles. The molecule has 2 aromatic carbocycles. The first-order valence-corrected chi connectivity index (χ1v) is 7.55. The van der Waals surface area contributed by atoms with E-state index < -0.39 is 0 Å². The summed E-state index contributed by atoms with van der Waals surface area (Å²) in [5.41, 5.74) is 1.82. The molecule has 0 aromatic heterocycles. The number of hydrogen-bond acceptors (Lipinski definition) is 2. The standard InChI is InChI=1S/C18H17FN2O2/c19-14-6-4-12(5-7-14)10-17(22)20-16-3-1-2-13(11-16)18(23)21-15-8-9-15/h1-7,11,15H,8-10H2,(H,20,22)(H,21,23). The molecule has 0 heterocycles. The predicted molar refractivity (Wildman–Crippen MR) is 85.7 cm³/mol. The van der Waals surface area contributed by atoms with Crippen LogP contribution < -0.4 is 10.6 Å². The van der Waals surface area contributed by atoms with Gasteiger partial charge in [-0.15, -0.1) is 0 Å². The van der Waals surface area contributed by atoms with E-state index in [0.717, 1.165) is 18.4 Å². The van der Waals surface area contributed by atoms with E-state index >= 15 is 0 Å². The van der Waals surface area contributed by atoms with Crippen LogP contribution in [-0.2, 0) is 11.2 Å². The fourth-order valence-corrected chi connectivity index (χ4v) is 2.23. The molecule has 5 heteroatoms. The number of amides is 2. The molecule has 1 aliphatic rings. The van der Waals surface area contributed by atoms with Gasteiger partial charge in [-0.2, -0.15) is 0 Å². The third kappa shape index (κ3) is 4.39. The van der Waals surface area contributed by atoms with Crippen LogP contribution >= 0.6 is 0 Å². The molecule has 3 rings (SSSR count). The smallest absolute Gasteiger partial charge is 0.251 e. The quantitative estimate of drug-likeness (QED) is 0.892. The second-order valence-corrected chi connectivity index (χ2v) is 5.68. The third-order valence-corrected chi connectivity index (χ3v) is 3.60. The summed E-state index contributed by atoms with van der Waals surface area (Å²) in [7, 11) is 0. The first-order valence-electron chi connectivity index (χ1n) is 7.55. The molecule has 0 unspecified atom stereocenters. The molecule has 1 fully saturated rings. The largest absolute Gasteiger partial charge is 0.349 e. The summed E-state index contributed by atoms with van der Waals surface area (Å²) in [5, 5.41) is 5.67. The number of carbonyl (C=O) groups is 2. The molecule has 23 heavy (non-hydrogen) atoms. The van der Waals surface area contributed by atoms with Gasteiger partial charge in [0.2, 0.25) is 5.91 Å². The highest BCUT2D eigenvalue weighted by atomic mass is 19.1. The van der Waals surface area contributed by atoms with Crippen LogP contribution in [0.15, 0.2) is 48.5 Å². The van der Waals surface area contributed by atoms with Crippen LogP contribution in [0.5, 0.6) is 0 Å². The molecule has 118 valence electrons. The molecule has 2 N–H and O–H groups in total. The van der Waals surface area contributed by atoms with Gasteiger partial charge < -0.3 is 10.6 Å². The summed E-state index contributed by atoms with van der Waals surface area (Å²) < 4.78 is 12.8. The minimum absolute atomic E-state index is 0.123. The molecule has 0 spiro atoms. The second-order valence-electron chi connectivity index (χ2n) is 5.68. The highest BCUT2D eigenvalue weighted by molar-refractivity contribution is 5.97. The highest BCUT2D eigenvalue weighted by Crippen LogP contribution is 2.20. The molecule has 0 atom stereocenters. The van der Waals surface area contributed by atoms with E-state index in [-0.39, 0.29) is 24.1 Å². The van der Waals surface area contributed by atoms with Crippen molar-refractivity contribution in [2.75, 3.05) is 5.32 Å². The van der Waals surface area contributed by atoms with Gasteiger partial charge in [0.1, 0.15) is 5.82 Å². The summed E-state index contributed by atoms with van der Waals surface area (Å²) in [6.07, 6.45) is 2.21. The van der Waals surface area contributed by atoms with Crippen LogP contribution in [-0.4, -0.2) is 17.9 Å². The summed E-state index contributed by atoms with van der Waals surface area (Å²) in [6, 6.07) is 12.9. The van der Waals surface area contributed by atoms with Crippen LogP contribution in [0, 0.1) is 5.82 Å². The Morgan fingerprint density at radius 1 is 1.09 bits per heavy atom. The number of carbonyl (C=O) groups excluding carboxylic acids is 2. The third-order valence-electron chi connectivity index (χ3n) is 3.60. The van der Waals surface area contributed by atoms with Crippen molar-refractivity contribution in [2.24, 2.45) is 0 Å². The Morgan fingerprint density at radius 2 is 1.83 bits per heavy atom. The number of benzene rings is 2. The zero-order chi connectivity index (χ0) is 16.2. The van der Waals surface area contributed by atoms with Gasteiger partial charge in [0, 0.05) is 17.3 Å². The van der Waals surface area contributed by atoms with Crippen LogP contribution in [0.2, 0.25) is 0 Å². The van der Waals surface area contributed by atoms with Crippen molar-refractivity contribution in [3.63, 3.8) is 0 Å². The molecule has 4 nitrogen and oxygen atoms in total. The van der Waals surface area contributed by atoms with E-state index in [0.29, 0.717) is 17.3 Å². The van der Waals surface area contributed by atoms with Crippen molar-refractivity contribution in [2.45, 2.75) is 25.3 Å². The topological polar surface area (TPSA) is 58.2 Å². The minimum Gasteiger partial charge on any atom is -0.349 e. The molecule has 1 saturated carbocycles. The summed E-state index contributed by atoms with van der Waals surface area (Å²) in [6.45, 7) is 0. The molecular weight excluding hydrogens is 295 g/mol. The predicted octanol–water partition coefficient (Wildman–Crippen LogP) is 2.90. The van der Waals surface area contributed by atoms with Gasteiger partial charge >= 0.3 is 0 Å². The van der Waals surface area contributed by atoms with E-state index in [1.807, 2.05) is 0 Å². The van der Waals surface area contributed by atoms with E-state index in [2.05, 4.69) is 10.6 Å².